The Morgan fingerprint density at radius 3 is 2.05 bits per heavy atom. The first kappa shape index (κ1) is 31.2. The summed E-state index contributed by atoms with van der Waals surface area (Å²) in [6.07, 6.45) is 9.97. The first-order chi connectivity index (χ1) is 19.6. The molecule has 0 aliphatic heterocycles. The van der Waals surface area contributed by atoms with E-state index in [1.807, 2.05) is 11.0 Å². The van der Waals surface area contributed by atoms with Crippen molar-refractivity contribution >= 4 is 23.7 Å². The number of nitrogens with zero attached hydrogens (tertiary/aromatic N) is 1. The molecular weight excluding hydrogens is 534 g/mol. The number of fused-ring (bicyclic) bond motifs is 7. The van der Waals surface area contributed by atoms with E-state index in [0.717, 1.165) is 51.4 Å². The summed E-state index contributed by atoms with van der Waals surface area (Å²) in [4.78, 5) is 53.1. The predicted octanol–water partition coefficient (Wildman–Crippen LogP) is 5.29. The van der Waals surface area contributed by atoms with Gasteiger partial charge in [-0.25, -0.2) is 0 Å². The van der Waals surface area contributed by atoms with Crippen LogP contribution in [0.4, 0.5) is 0 Å². The van der Waals surface area contributed by atoms with Gasteiger partial charge in [0, 0.05) is 12.0 Å². The summed E-state index contributed by atoms with van der Waals surface area (Å²) in [7, 11) is 2.73. The number of methoxy groups -OCH3 is 2. The lowest BCUT2D eigenvalue weighted by Gasteiger charge is -2.68. The molecule has 0 aromatic carbocycles. The lowest BCUT2D eigenvalue weighted by atomic mass is 9.37. The maximum atomic E-state index is 14.4. The number of carboxylic acid groups (broad SMARTS) is 1. The zero-order valence-corrected chi connectivity index (χ0v) is 26.7. The average Bonchev–Trinajstić information content (AvgIpc) is 2.91. The van der Waals surface area contributed by atoms with E-state index in [4.69, 9.17) is 9.47 Å². The van der Waals surface area contributed by atoms with E-state index in [9.17, 15) is 24.3 Å². The van der Waals surface area contributed by atoms with Crippen molar-refractivity contribution in [2.75, 3.05) is 27.3 Å². The van der Waals surface area contributed by atoms with Gasteiger partial charge in [-0.2, -0.15) is 0 Å². The maximum absolute atomic E-state index is 14.4. The number of carbonyl (C=O) groups excluding carboxylic acids is 3. The van der Waals surface area contributed by atoms with E-state index in [1.165, 1.54) is 19.8 Å². The molecule has 0 aromatic rings. The molecule has 4 fully saturated rings. The molecule has 5 rings (SSSR count). The third-order valence-corrected chi connectivity index (χ3v) is 13.3. The van der Waals surface area contributed by atoms with Crippen LogP contribution in [0, 0.1) is 51.2 Å². The van der Waals surface area contributed by atoms with E-state index >= 15 is 0 Å². The first-order valence-electron chi connectivity index (χ1n) is 16.0. The molecular formula is C34H51NO7. The van der Waals surface area contributed by atoms with Crippen LogP contribution in [0.3, 0.4) is 0 Å². The highest BCUT2D eigenvalue weighted by molar-refractivity contribution is 5.95. The fourth-order valence-electron chi connectivity index (χ4n) is 11.4. The van der Waals surface area contributed by atoms with Crippen molar-refractivity contribution in [1.82, 2.24) is 4.90 Å². The molecule has 0 heterocycles. The Kier molecular flexibility index (Phi) is 7.98. The molecule has 0 radical (unpaired) electrons. The molecule has 8 heteroatoms. The van der Waals surface area contributed by atoms with Gasteiger partial charge in [-0.3, -0.25) is 24.1 Å². The number of ether oxygens (including phenoxy) is 2. The number of aliphatic carboxylic acids is 1. The van der Waals surface area contributed by atoms with Gasteiger partial charge in [0.05, 0.1) is 33.2 Å². The van der Waals surface area contributed by atoms with Gasteiger partial charge in [0.25, 0.3) is 0 Å². The van der Waals surface area contributed by atoms with E-state index in [2.05, 4.69) is 34.6 Å². The number of carbonyl (C=O) groups is 4. The second kappa shape index (κ2) is 10.7. The quantitative estimate of drug-likeness (QED) is 0.419. The van der Waals surface area contributed by atoms with Crippen LogP contribution in [0.2, 0.25) is 0 Å². The molecule has 9 unspecified atom stereocenters. The van der Waals surface area contributed by atoms with Crippen LogP contribution < -0.4 is 0 Å². The molecule has 5 aliphatic carbocycles. The summed E-state index contributed by atoms with van der Waals surface area (Å²) in [5.74, 6) is -0.956. The minimum atomic E-state index is -0.702. The summed E-state index contributed by atoms with van der Waals surface area (Å²) in [6.45, 7) is 11.5. The fraction of sp³-hybridized carbons (Fsp3) is 0.824. The minimum Gasteiger partial charge on any atom is -0.481 e. The van der Waals surface area contributed by atoms with E-state index in [1.54, 1.807) is 0 Å². The van der Waals surface area contributed by atoms with Crippen LogP contribution in [-0.2, 0) is 28.7 Å². The van der Waals surface area contributed by atoms with Crippen LogP contribution in [0.1, 0.15) is 92.4 Å². The first-order valence-corrected chi connectivity index (χ1v) is 16.0. The van der Waals surface area contributed by atoms with E-state index in [-0.39, 0.29) is 82.2 Å². The van der Waals surface area contributed by atoms with Crippen molar-refractivity contribution in [2.24, 2.45) is 51.2 Å². The summed E-state index contributed by atoms with van der Waals surface area (Å²) >= 11 is 0. The smallest absolute Gasteiger partial charge is 0.319 e. The third-order valence-electron chi connectivity index (χ3n) is 13.3. The maximum Gasteiger partial charge on any atom is 0.319 e. The van der Waals surface area contributed by atoms with Gasteiger partial charge >= 0.3 is 17.9 Å². The third kappa shape index (κ3) is 4.75. The Labute approximate surface area is 250 Å². The second-order valence-electron chi connectivity index (χ2n) is 15.6. The number of carboxylic acids is 1. The Hall–Kier alpha value is -2.22. The molecule has 234 valence electrons. The highest BCUT2D eigenvalue weighted by Crippen LogP contribution is 2.71. The van der Waals surface area contributed by atoms with Crippen LogP contribution in [0.15, 0.2) is 11.6 Å². The van der Waals surface area contributed by atoms with Gasteiger partial charge in [-0.1, -0.05) is 40.2 Å². The molecule has 0 spiro atoms. The van der Waals surface area contributed by atoms with Gasteiger partial charge in [0.1, 0.15) is 0 Å². The lowest BCUT2D eigenvalue weighted by molar-refractivity contribution is -0.182. The second-order valence-corrected chi connectivity index (χ2v) is 15.6. The molecule has 1 N–H and O–H groups in total. The largest absolute Gasteiger partial charge is 0.481 e. The highest BCUT2D eigenvalue weighted by atomic mass is 16.5. The number of rotatable bonds is 6. The van der Waals surface area contributed by atoms with Gasteiger partial charge in [0.15, 0.2) is 5.78 Å². The normalized spacial score (nSPS) is 42.3. The Morgan fingerprint density at radius 2 is 1.45 bits per heavy atom. The molecule has 0 bridgehead atoms. The Balaban J connectivity index is 1.48. The zero-order valence-electron chi connectivity index (χ0n) is 26.7. The topological polar surface area (TPSA) is 110 Å². The van der Waals surface area contributed by atoms with Gasteiger partial charge in [-0.05, 0) is 103 Å². The van der Waals surface area contributed by atoms with Crippen LogP contribution in [0.25, 0.3) is 0 Å². The van der Waals surface area contributed by atoms with Crippen molar-refractivity contribution in [3.8, 4) is 0 Å². The molecule has 8 nitrogen and oxygen atoms in total. The number of hydrogen-bond acceptors (Lipinski definition) is 7. The lowest BCUT2D eigenvalue weighted by Crippen LogP contribution is -2.66. The van der Waals surface area contributed by atoms with Crippen molar-refractivity contribution < 1.29 is 33.8 Å². The Bertz CT molecular complexity index is 1160. The highest BCUT2D eigenvalue weighted by Gasteiger charge is 2.67. The Morgan fingerprint density at radius 1 is 0.857 bits per heavy atom. The molecule has 5 aliphatic rings. The summed E-state index contributed by atoms with van der Waals surface area (Å²) in [6, 6.07) is -0.0338. The van der Waals surface area contributed by atoms with Gasteiger partial charge in [-0.15, -0.1) is 0 Å². The average molecular weight is 586 g/mol. The molecule has 0 aromatic heterocycles. The number of esters is 2. The van der Waals surface area contributed by atoms with Crippen molar-refractivity contribution in [3.05, 3.63) is 11.6 Å². The minimum absolute atomic E-state index is 0.0227. The fourth-order valence-corrected chi connectivity index (χ4v) is 11.4. The summed E-state index contributed by atoms with van der Waals surface area (Å²) in [5.41, 5.74) is 0.678. The van der Waals surface area contributed by atoms with Crippen LogP contribution in [-0.4, -0.2) is 67.0 Å². The molecule has 0 saturated heterocycles. The van der Waals surface area contributed by atoms with Crippen molar-refractivity contribution in [1.29, 1.82) is 0 Å². The van der Waals surface area contributed by atoms with Gasteiger partial charge in [0.2, 0.25) is 0 Å². The molecule has 4 saturated carbocycles. The monoisotopic (exact) mass is 585 g/mol. The standard InChI is InChI=1S/C34H51NO7/c1-31(2)25-10-14-33(4)22-9-13-32(3)12-8-20(30(39)40)16-23(32)21(22)17-24(36)29(33)34(25,5)15-11-26(31)35(18-27(37)41-6)19-28(38)42-7/h17,20,22-23,25-26,29H,8-16,18-19H2,1-7H3,(H,39,40). The number of ketones is 1. The van der Waals surface area contributed by atoms with Gasteiger partial charge < -0.3 is 14.6 Å². The molecule has 0 amide bonds. The molecule has 9 atom stereocenters. The molecule has 42 heavy (non-hydrogen) atoms. The van der Waals surface area contributed by atoms with Crippen molar-refractivity contribution in [3.63, 3.8) is 0 Å². The van der Waals surface area contributed by atoms with Crippen LogP contribution >= 0.6 is 0 Å². The number of allylic oxidation sites excluding steroid dienone is 2. The van der Waals surface area contributed by atoms with Crippen LogP contribution in [0.5, 0.6) is 0 Å². The zero-order chi connectivity index (χ0) is 30.8. The van der Waals surface area contributed by atoms with Crippen molar-refractivity contribution in [2.45, 2.75) is 98.4 Å². The SMILES string of the molecule is COC(=O)CN(CC(=O)OC)C1CCC2(C)C(CCC3(C)C4CCC5(C)CCC(C(=O)O)CC5C4=CC(=O)C32)C1(C)C. The summed E-state index contributed by atoms with van der Waals surface area (Å²) < 4.78 is 9.96. The predicted molar refractivity (Wildman–Crippen MR) is 157 cm³/mol. The number of hydrogen-bond donors (Lipinski definition) is 1. The summed E-state index contributed by atoms with van der Waals surface area (Å²) in [5, 5.41) is 9.85. The van der Waals surface area contributed by atoms with E-state index in [0.29, 0.717) is 12.3 Å². The van der Waals surface area contributed by atoms with E-state index < -0.39 is 5.97 Å².